The summed E-state index contributed by atoms with van der Waals surface area (Å²) < 4.78 is 38.1. The highest BCUT2D eigenvalue weighted by molar-refractivity contribution is 7.92. The smallest absolute Gasteiger partial charge is 0.260 e. The molecule has 13 nitrogen and oxygen atoms in total. The Morgan fingerprint density at radius 3 is 2.52 bits per heavy atom. The maximum atomic E-state index is 13.8. The number of primary amides is 1. The lowest BCUT2D eigenvalue weighted by atomic mass is 10.0. The molecule has 2 aliphatic heterocycles. The van der Waals surface area contributed by atoms with Crippen LogP contribution in [0.5, 0.6) is 11.5 Å². The number of carbonyl (C=O) groups excluding carboxylic acids is 2. The van der Waals surface area contributed by atoms with Crippen molar-refractivity contribution in [1.29, 1.82) is 0 Å². The molecule has 246 valence electrons. The van der Waals surface area contributed by atoms with E-state index in [2.05, 4.69) is 20.6 Å². The number of nitrogens with one attached hydrogen (secondary N) is 2. The van der Waals surface area contributed by atoms with Gasteiger partial charge in [-0.15, -0.1) is 0 Å². The molecule has 5 rings (SSSR count). The number of aromatic nitrogens is 2. The molecule has 0 unspecified atom stereocenters. The highest BCUT2D eigenvalue weighted by Gasteiger charge is 2.34. The van der Waals surface area contributed by atoms with Gasteiger partial charge < -0.3 is 30.7 Å². The Kier molecular flexibility index (Phi) is 9.89. The number of fused-ring (bicyclic) bond motifs is 1. The number of hydrogen-bond donors (Lipinski definition) is 3. The average molecular weight is 672 g/mol. The fourth-order valence-corrected chi connectivity index (χ4v) is 6.70. The second-order valence-electron chi connectivity index (χ2n) is 11.8. The first kappa shape index (κ1) is 33.2. The molecule has 0 radical (unpaired) electrons. The van der Waals surface area contributed by atoms with Crippen molar-refractivity contribution in [2.45, 2.75) is 62.8 Å². The van der Waals surface area contributed by atoms with Gasteiger partial charge in [0.25, 0.3) is 5.91 Å². The minimum Gasteiger partial charge on any atom is -0.489 e. The van der Waals surface area contributed by atoms with E-state index in [4.69, 9.17) is 26.8 Å². The van der Waals surface area contributed by atoms with Gasteiger partial charge in [-0.1, -0.05) is 23.7 Å². The second-order valence-corrected chi connectivity index (χ2v) is 14.6. The standard InChI is InChI=1S/C31H38ClN7O6S/c1-18(2)45-26-14-25-21(30(41)39(17-44-25)20-9-11-38(12-10-20)16-28(33)40)13-24(26)36-31-34-15-22(32)29(37-31)35-23-7-5-6-8-27(23)46(42,43)19(3)4/h5-8,13-15,18-20H,9-12,16-17H2,1-4H3,(H2,33,40)(H2,34,35,36,37). The Morgan fingerprint density at radius 2 is 1.85 bits per heavy atom. The number of piperidine rings is 1. The SMILES string of the molecule is CC(C)Oc1cc2c(cc1Nc1ncc(Cl)c(Nc3ccccc3S(=O)(=O)C(C)C)n1)C(=O)N(C1CCN(CC(N)=O)CC1)CO2. The molecule has 0 saturated carbocycles. The molecule has 3 heterocycles. The van der Waals surface area contributed by atoms with Crippen LogP contribution in [0, 0.1) is 0 Å². The van der Waals surface area contributed by atoms with Crippen LogP contribution in [0.25, 0.3) is 0 Å². The van der Waals surface area contributed by atoms with Crippen LogP contribution >= 0.6 is 11.6 Å². The van der Waals surface area contributed by atoms with Crippen LogP contribution in [0.1, 0.15) is 50.9 Å². The van der Waals surface area contributed by atoms with E-state index in [0.29, 0.717) is 54.4 Å². The largest absolute Gasteiger partial charge is 0.489 e. The van der Waals surface area contributed by atoms with Gasteiger partial charge in [0.2, 0.25) is 11.9 Å². The number of hydrogen-bond acceptors (Lipinski definition) is 11. The quantitative estimate of drug-likeness (QED) is 0.265. The van der Waals surface area contributed by atoms with E-state index in [1.165, 1.54) is 12.3 Å². The zero-order valence-corrected chi connectivity index (χ0v) is 27.7. The molecule has 1 fully saturated rings. The first-order chi connectivity index (χ1) is 21.8. The van der Waals surface area contributed by atoms with Crippen molar-refractivity contribution in [3.63, 3.8) is 0 Å². The Morgan fingerprint density at radius 1 is 1.13 bits per heavy atom. The summed E-state index contributed by atoms with van der Waals surface area (Å²) in [5.74, 6) is 0.583. The van der Waals surface area contributed by atoms with Crippen molar-refractivity contribution >= 4 is 56.4 Å². The Hall–Kier alpha value is -4.14. The summed E-state index contributed by atoms with van der Waals surface area (Å²) in [6, 6.07) is 9.80. The van der Waals surface area contributed by atoms with Crippen molar-refractivity contribution in [3.8, 4) is 11.5 Å². The highest BCUT2D eigenvalue weighted by Crippen LogP contribution is 2.39. The van der Waals surface area contributed by atoms with E-state index in [1.54, 1.807) is 49.1 Å². The third kappa shape index (κ3) is 7.29. The number of para-hydroxylation sites is 1. The first-order valence-electron chi connectivity index (χ1n) is 15.0. The van der Waals surface area contributed by atoms with Crippen LogP contribution in [-0.4, -0.2) is 83.8 Å². The zero-order chi connectivity index (χ0) is 33.2. The summed E-state index contributed by atoms with van der Waals surface area (Å²) in [7, 11) is -3.60. The summed E-state index contributed by atoms with van der Waals surface area (Å²) in [6.45, 7) is 8.59. The molecule has 0 atom stereocenters. The molecule has 15 heteroatoms. The van der Waals surface area contributed by atoms with Crippen LogP contribution < -0.4 is 25.8 Å². The van der Waals surface area contributed by atoms with Crippen molar-refractivity contribution < 1.29 is 27.5 Å². The summed E-state index contributed by atoms with van der Waals surface area (Å²) in [5.41, 5.74) is 6.45. The van der Waals surface area contributed by atoms with E-state index < -0.39 is 15.1 Å². The number of nitrogens with zero attached hydrogens (tertiary/aromatic N) is 4. The molecule has 1 aromatic heterocycles. The molecule has 46 heavy (non-hydrogen) atoms. The van der Waals surface area contributed by atoms with E-state index in [-0.39, 0.29) is 58.9 Å². The summed E-state index contributed by atoms with van der Waals surface area (Å²) in [4.78, 5) is 37.7. The topological polar surface area (TPSA) is 169 Å². The Bertz CT molecular complexity index is 1730. The molecular formula is C31H38ClN7O6S. The Balaban J connectivity index is 1.41. The lowest BCUT2D eigenvalue weighted by Crippen LogP contribution is -2.51. The lowest BCUT2D eigenvalue weighted by Gasteiger charge is -2.40. The van der Waals surface area contributed by atoms with E-state index >= 15 is 0 Å². The van der Waals surface area contributed by atoms with E-state index in [9.17, 15) is 18.0 Å². The van der Waals surface area contributed by atoms with Gasteiger partial charge in [-0.3, -0.25) is 14.5 Å². The van der Waals surface area contributed by atoms with Crippen molar-refractivity contribution in [1.82, 2.24) is 19.8 Å². The van der Waals surface area contributed by atoms with Crippen LogP contribution in [0.2, 0.25) is 5.02 Å². The number of amides is 2. The summed E-state index contributed by atoms with van der Waals surface area (Å²) in [6.07, 6.45) is 2.57. The van der Waals surface area contributed by atoms with Gasteiger partial charge in [-0.2, -0.15) is 4.98 Å². The number of carbonyl (C=O) groups is 2. The third-order valence-electron chi connectivity index (χ3n) is 7.73. The first-order valence-corrected chi connectivity index (χ1v) is 16.9. The fraction of sp³-hybridized carbons (Fsp3) is 0.419. The lowest BCUT2D eigenvalue weighted by molar-refractivity contribution is -0.119. The minimum atomic E-state index is -3.60. The number of benzene rings is 2. The van der Waals surface area contributed by atoms with Gasteiger partial charge in [0.05, 0.1) is 45.9 Å². The number of nitrogens with two attached hydrogens (primary N) is 1. The van der Waals surface area contributed by atoms with E-state index in [0.717, 1.165) is 0 Å². The predicted octanol–water partition coefficient (Wildman–Crippen LogP) is 4.33. The molecular weight excluding hydrogens is 634 g/mol. The second kappa shape index (κ2) is 13.7. The molecule has 4 N–H and O–H groups in total. The van der Waals surface area contributed by atoms with E-state index in [1.807, 2.05) is 18.7 Å². The fourth-order valence-electron chi connectivity index (χ4n) is 5.36. The van der Waals surface area contributed by atoms with Gasteiger partial charge in [-0.05, 0) is 58.7 Å². The molecule has 2 amide bonds. The number of sulfone groups is 1. The number of rotatable bonds is 11. The maximum absolute atomic E-state index is 13.8. The van der Waals surface area contributed by atoms with Gasteiger partial charge in [-0.25, -0.2) is 13.4 Å². The molecule has 2 aliphatic rings. The normalized spacial score (nSPS) is 15.9. The molecule has 0 spiro atoms. The molecule has 0 aliphatic carbocycles. The number of ether oxygens (including phenoxy) is 2. The highest BCUT2D eigenvalue weighted by atomic mass is 35.5. The van der Waals surface area contributed by atoms with Crippen LogP contribution in [0.15, 0.2) is 47.5 Å². The van der Waals surface area contributed by atoms with Crippen LogP contribution in [0.3, 0.4) is 0 Å². The predicted molar refractivity (Wildman–Crippen MR) is 175 cm³/mol. The number of halogens is 1. The molecule has 0 bridgehead atoms. The zero-order valence-electron chi connectivity index (χ0n) is 26.1. The van der Waals surface area contributed by atoms with Crippen LogP contribution in [-0.2, 0) is 14.6 Å². The van der Waals surface area contributed by atoms with Crippen molar-refractivity contribution in [2.75, 3.05) is 37.0 Å². The summed E-state index contributed by atoms with van der Waals surface area (Å²) >= 11 is 6.43. The van der Waals surface area contributed by atoms with Gasteiger partial charge in [0.1, 0.15) is 16.5 Å². The van der Waals surface area contributed by atoms with Gasteiger partial charge in [0.15, 0.2) is 22.4 Å². The van der Waals surface area contributed by atoms with Gasteiger partial charge in [0, 0.05) is 25.2 Å². The molecule has 2 aromatic carbocycles. The monoisotopic (exact) mass is 671 g/mol. The van der Waals surface area contributed by atoms with Crippen molar-refractivity contribution in [3.05, 3.63) is 53.2 Å². The maximum Gasteiger partial charge on any atom is 0.260 e. The van der Waals surface area contributed by atoms with Crippen LogP contribution in [0.4, 0.5) is 23.1 Å². The minimum absolute atomic E-state index is 0.0524. The van der Waals surface area contributed by atoms with Gasteiger partial charge >= 0.3 is 0 Å². The molecule has 3 aromatic rings. The Labute approximate surface area is 273 Å². The third-order valence-corrected chi connectivity index (χ3v) is 10.2. The number of anilines is 4. The number of likely N-dealkylation sites (tertiary alicyclic amines) is 1. The average Bonchev–Trinajstić information content (AvgIpc) is 3.00. The summed E-state index contributed by atoms with van der Waals surface area (Å²) in [5, 5.41) is 5.73. The molecule has 1 saturated heterocycles. The van der Waals surface area contributed by atoms with Crippen molar-refractivity contribution in [2.24, 2.45) is 5.73 Å².